The first-order valence-corrected chi connectivity index (χ1v) is 6.15. The molecule has 0 saturated carbocycles. The average Bonchev–Trinajstić information content (AvgIpc) is 2.34. The van der Waals surface area contributed by atoms with Crippen LogP contribution >= 0.6 is 0 Å². The number of aliphatic hydroxyl groups excluding tert-OH is 2. The van der Waals surface area contributed by atoms with Crippen molar-refractivity contribution < 1.29 is 20.1 Å². The first-order valence-electron chi connectivity index (χ1n) is 6.15. The Kier molecular flexibility index (Phi) is 14.4. The number of carboxylic acids is 1. The SMILES string of the molecule is C=CC(=O)O.CCCCC(CC)CC(O)CO. The van der Waals surface area contributed by atoms with E-state index in [4.69, 9.17) is 10.2 Å². The molecule has 0 aliphatic rings. The Morgan fingerprint density at radius 3 is 2.24 bits per heavy atom. The number of carboxylic acid groups (broad SMARTS) is 1. The van der Waals surface area contributed by atoms with E-state index < -0.39 is 12.1 Å². The molecule has 0 aliphatic carbocycles. The molecule has 0 radical (unpaired) electrons. The van der Waals surface area contributed by atoms with Crippen molar-refractivity contribution >= 4 is 5.97 Å². The molecule has 4 heteroatoms. The Morgan fingerprint density at radius 1 is 1.41 bits per heavy atom. The molecule has 17 heavy (non-hydrogen) atoms. The number of hydrogen-bond acceptors (Lipinski definition) is 3. The lowest BCUT2D eigenvalue weighted by Crippen LogP contribution is -2.17. The quantitative estimate of drug-likeness (QED) is 0.574. The zero-order valence-electron chi connectivity index (χ0n) is 10.9. The third-order valence-electron chi connectivity index (χ3n) is 2.53. The first kappa shape index (κ1) is 18.5. The first-order chi connectivity index (χ1) is 8.01. The van der Waals surface area contributed by atoms with Gasteiger partial charge in [0, 0.05) is 6.08 Å². The molecule has 0 saturated heterocycles. The molecule has 0 fully saturated rings. The number of hydrogen-bond donors (Lipinski definition) is 3. The highest BCUT2D eigenvalue weighted by atomic mass is 16.4. The van der Waals surface area contributed by atoms with Gasteiger partial charge in [-0.25, -0.2) is 4.79 Å². The van der Waals surface area contributed by atoms with Crippen molar-refractivity contribution in [3.63, 3.8) is 0 Å². The van der Waals surface area contributed by atoms with E-state index in [1.807, 2.05) is 0 Å². The van der Waals surface area contributed by atoms with Crippen LogP contribution in [-0.4, -0.2) is 34.0 Å². The molecule has 0 spiro atoms. The van der Waals surface area contributed by atoms with E-state index >= 15 is 0 Å². The Bertz CT molecular complexity index is 192. The minimum absolute atomic E-state index is 0.0946. The normalized spacial score (nSPS) is 13.2. The molecule has 0 heterocycles. The fraction of sp³-hybridized carbons (Fsp3) is 0.769. The Labute approximate surface area is 104 Å². The van der Waals surface area contributed by atoms with Gasteiger partial charge in [0.05, 0.1) is 12.7 Å². The molecule has 3 N–H and O–H groups in total. The summed E-state index contributed by atoms with van der Waals surface area (Å²) >= 11 is 0. The van der Waals surface area contributed by atoms with Crippen molar-refractivity contribution in [3.05, 3.63) is 12.7 Å². The average molecular weight is 246 g/mol. The Hall–Kier alpha value is -0.870. The molecule has 0 amide bonds. The standard InChI is InChI=1S/C10H22O2.C3H4O2/c1-3-5-6-9(4-2)7-10(12)8-11;1-2-3(4)5/h9-12H,3-8H2,1-2H3;2H,1H2,(H,4,5). The van der Waals surface area contributed by atoms with E-state index in [2.05, 4.69) is 20.4 Å². The number of aliphatic carboxylic acids is 1. The van der Waals surface area contributed by atoms with Gasteiger partial charge in [-0.3, -0.25) is 0 Å². The minimum atomic E-state index is -0.981. The van der Waals surface area contributed by atoms with Crippen molar-refractivity contribution in [1.29, 1.82) is 0 Å². The number of aliphatic hydroxyl groups is 2. The van der Waals surface area contributed by atoms with Gasteiger partial charge in [0.1, 0.15) is 0 Å². The Balaban J connectivity index is 0. The summed E-state index contributed by atoms with van der Waals surface area (Å²) in [6, 6.07) is 0. The summed E-state index contributed by atoms with van der Waals surface area (Å²) in [6.45, 7) is 7.19. The van der Waals surface area contributed by atoms with Crippen molar-refractivity contribution in [1.82, 2.24) is 0 Å². The van der Waals surface area contributed by atoms with Crippen molar-refractivity contribution in [2.45, 2.75) is 52.1 Å². The van der Waals surface area contributed by atoms with Crippen molar-refractivity contribution in [3.8, 4) is 0 Å². The molecule has 0 bridgehead atoms. The summed E-state index contributed by atoms with van der Waals surface area (Å²) in [4.78, 5) is 9.25. The van der Waals surface area contributed by atoms with E-state index in [1.165, 1.54) is 19.3 Å². The third kappa shape index (κ3) is 15.1. The lowest BCUT2D eigenvalue weighted by atomic mass is 9.93. The van der Waals surface area contributed by atoms with Crippen LogP contribution in [0.3, 0.4) is 0 Å². The van der Waals surface area contributed by atoms with Gasteiger partial charge >= 0.3 is 5.97 Å². The summed E-state index contributed by atoms with van der Waals surface area (Å²) in [5.41, 5.74) is 0. The molecule has 0 rings (SSSR count). The summed E-state index contributed by atoms with van der Waals surface area (Å²) in [5, 5.41) is 25.5. The number of unbranched alkanes of at least 4 members (excludes halogenated alkanes) is 1. The maximum absolute atomic E-state index is 9.25. The van der Waals surface area contributed by atoms with Gasteiger partial charge in [-0.2, -0.15) is 0 Å². The van der Waals surface area contributed by atoms with Gasteiger partial charge in [0.15, 0.2) is 0 Å². The van der Waals surface area contributed by atoms with Gasteiger partial charge in [0.25, 0.3) is 0 Å². The van der Waals surface area contributed by atoms with E-state index in [1.54, 1.807) is 0 Å². The topological polar surface area (TPSA) is 77.8 Å². The van der Waals surface area contributed by atoms with Crippen LogP contribution in [0.5, 0.6) is 0 Å². The maximum atomic E-state index is 9.25. The number of carbonyl (C=O) groups is 1. The fourth-order valence-electron chi connectivity index (χ4n) is 1.44. The predicted octanol–water partition coefficient (Wildman–Crippen LogP) is 2.20. The zero-order valence-corrected chi connectivity index (χ0v) is 10.9. The summed E-state index contributed by atoms with van der Waals surface area (Å²) in [7, 11) is 0. The van der Waals surface area contributed by atoms with Gasteiger partial charge in [-0.05, 0) is 12.3 Å². The highest BCUT2D eigenvalue weighted by molar-refractivity contribution is 5.78. The molecule has 0 aromatic carbocycles. The van der Waals surface area contributed by atoms with Crippen molar-refractivity contribution in [2.75, 3.05) is 6.61 Å². The largest absolute Gasteiger partial charge is 0.478 e. The lowest BCUT2D eigenvalue weighted by Gasteiger charge is -2.16. The molecule has 102 valence electrons. The van der Waals surface area contributed by atoms with E-state index in [9.17, 15) is 9.90 Å². The van der Waals surface area contributed by atoms with Crippen LogP contribution in [0.15, 0.2) is 12.7 Å². The maximum Gasteiger partial charge on any atom is 0.327 e. The fourth-order valence-corrected chi connectivity index (χ4v) is 1.44. The van der Waals surface area contributed by atoms with E-state index in [0.717, 1.165) is 18.9 Å². The minimum Gasteiger partial charge on any atom is -0.478 e. The zero-order chi connectivity index (χ0) is 13.7. The van der Waals surface area contributed by atoms with Crippen LogP contribution in [0, 0.1) is 5.92 Å². The molecule has 2 atom stereocenters. The second-order valence-corrected chi connectivity index (χ2v) is 4.03. The van der Waals surface area contributed by atoms with Gasteiger partial charge < -0.3 is 15.3 Å². The van der Waals surface area contributed by atoms with Crippen LogP contribution in [0.4, 0.5) is 0 Å². The molecular formula is C13H26O4. The molecule has 0 aromatic rings. The molecule has 2 unspecified atom stereocenters. The molecule has 4 nitrogen and oxygen atoms in total. The number of rotatable bonds is 8. The third-order valence-corrected chi connectivity index (χ3v) is 2.53. The van der Waals surface area contributed by atoms with Crippen LogP contribution in [0.1, 0.15) is 46.0 Å². The summed E-state index contributed by atoms with van der Waals surface area (Å²) < 4.78 is 0. The second-order valence-electron chi connectivity index (χ2n) is 4.03. The van der Waals surface area contributed by atoms with Crippen LogP contribution < -0.4 is 0 Å². The molecule has 0 aromatic heterocycles. The molecule has 0 aliphatic heterocycles. The van der Waals surface area contributed by atoms with Gasteiger partial charge in [-0.1, -0.05) is 46.1 Å². The van der Waals surface area contributed by atoms with E-state index in [-0.39, 0.29) is 6.61 Å². The monoisotopic (exact) mass is 246 g/mol. The van der Waals surface area contributed by atoms with Crippen LogP contribution in [-0.2, 0) is 4.79 Å². The van der Waals surface area contributed by atoms with E-state index in [0.29, 0.717) is 5.92 Å². The summed E-state index contributed by atoms with van der Waals surface area (Å²) in [5.74, 6) is -0.392. The highest BCUT2D eigenvalue weighted by Gasteiger charge is 2.11. The predicted molar refractivity (Wildman–Crippen MR) is 68.8 cm³/mol. The Morgan fingerprint density at radius 2 is 1.94 bits per heavy atom. The van der Waals surface area contributed by atoms with Gasteiger partial charge in [-0.15, -0.1) is 0 Å². The van der Waals surface area contributed by atoms with Crippen LogP contribution in [0.25, 0.3) is 0 Å². The molecular weight excluding hydrogens is 220 g/mol. The smallest absolute Gasteiger partial charge is 0.327 e. The summed E-state index contributed by atoms with van der Waals surface area (Å²) in [6.07, 6.45) is 5.82. The van der Waals surface area contributed by atoms with Crippen LogP contribution in [0.2, 0.25) is 0 Å². The second kappa shape index (κ2) is 13.2. The highest BCUT2D eigenvalue weighted by Crippen LogP contribution is 2.18. The lowest BCUT2D eigenvalue weighted by molar-refractivity contribution is -0.131. The van der Waals surface area contributed by atoms with Gasteiger partial charge in [0.2, 0.25) is 0 Å². The van der Waals surface area contributed by atoms with Crippen molar-refractivity contribution in [2.24, 2.45) is 5.92 Å².